The molecule has 1 unspecified atom stereocenters. The van der Waals surface area contributed by atoms with E-state index in [1.807, 2.05) is 19.9 Å². The summed E-state index contributed by atoms with van der Waals surface area (Å²) in [5.74, 6) is -0.474. The standard InChI is InChI=1S/C24H33N3O4/c1-17(2)21(28)25-20-8-4-3-7-19(20)22(29)27-13-9-24(10-14-27)15-18(31-23(24)30)16-26-11-5-6-12-26/h3-4,7-8,17-18H,5-6,9-16H2,1-2H3,(H,25,28). The molecule has 0 radical (unpaired) electrons. The van der Waals surface area contributed by atoms with Crippen LogP contribution in [-0.2, 0) is 14.3 Å². The monoisotopic (exact) mass is 427 g/mol. The molecule has 2 amide bonds. The fraction of sp³-hybridized carbons (Fsp3) is 0.625. The first-order valence-electron chi connectivity index (χ1n) is 11.5. The van der Waals surface area contributed by atoms with Gasteiger partial charge in [0.15, 0.2) is 0 Å². The molecule has 1 N–H and O–H groups in total. The van der Waals surface area contributed by atoms with E-state index in [9.17, 15) is 14.4 Å². The minimum atomic E-state index is -0.452. The number of hydrogen-bond acceptors (Lipinski definition) is 5. The van der Waals surface area contributed by atoms with Crippen molar-refractivity contribution in [2.45, 2.75) is 52.1 Å². The zero-order chi connectivity index (χ0) is 22.0. The maximum Gasteiger partial charge on any atom is 0.312 e. The smallest absolute Gasteiger partial charge is 0.312 e. The largest absolute Gasteiger partial charge is 0.461 e. The minimum Gasteiger partial charge on any atom is -0.461 e. The molecule has 7 heteroatoms. The number of cyclic esters (lactones) is 1. The SMILES string of the molecule is CC(C)C(=O)Nc1ccccc1C(=O)N1CCC2(CC1)CC(CN1CCCC1)OC2=O. The molecule has 3 fully saturated rings. The number of piperidine rings is 1. The quantitative estimate of drug-likeness (QED) is 0.731. The number of nitrogens with one attached hydrogen (secondary N) is 1. The number of hydrogen-bond donors (Lipinski definition) is 1. The molecule has 1 aromatic carbocycles. The lowest BCUT2D eigenvalue weighted by atomic mass is 9.76. The van der Waals surface area contributed by atoms with Crippen LogP contribution in [0.1, 0.15) is 56.3 Å². The molecule has 4 rings (SSSR count). The van der Waals surface area contributed by atoms with Crippen LogP contribution in [0.2, 0.25) is 0 Å². The number of benzene rings is 1. The fourth-order valence-corrected chi connectivity index (χ4v) is 4.96. The summed E-state index contributed by atoms with van der Waals surface area (Å²) in [5, 5.41) is 2.86. The number of likely N-dealkylation sites (tertiary alicyclic amines) is 2. The highest BCUT2D eigenvalue weighted by Crippen LogP contribution is 2.43. The Bertz CT molecular complexity index is 839. The van der Waals surface area contributed by atoms with Crippen LogP contribution in [0.25, 0.3) is 0 Å². The molecular weight excluding hydrogens is 394 g/mol. The van der Waals surface area contributed by atoms with Crippen LogP contribution in [0.3, 0.4) is 0 Å². The van der Waals surface area contributed by atoms with Gasteiger partial charge in [-0.2, -0.15) is 0 Å². The Hall–Kier alpha value is -2.41. The summed E-state index contributed by atoms with van der Waals surface area (Å²) in [6.45, 7) is 7.71. The van der Waals surface area contributed by atoms with Crippen LogP contribution in [0.15, 0.2) is 24.3 Å². The first kappa shape index (κ1) is 21.8. The molecule has 1 atom stereocenters. The number of rotatable bonds is 5. The van der Waals surface area contributed by atoms with Gasteiger partial charge in [0.25, 0.3) is 5.91 Å². The number of amides is 2. The normalized spacial score (nSPS) is 23.4. The molecule has 1 aromatic rings. The van der Waals surface area contributed by atoms with Crippen molar-refractivity contribution in [2.24, 2.45) is 11.3 Å². The zero-order valence-corrected chi connectivity index (χ0v) is 18.6. The highest BCUT2D eigenvalue weighted by atomic mass is 16.6. The molecule has 3 aliphatic rings. The van der Waals surface area contributed by atoms with E-state index in [0.717, 1.165) is 26.1 Å². The molecule has 0 saturated carbocycles. The molecule has 1 spiro atoms. The topological polar surface area (TPSA) is 79.0 Å². The van der Waals surface area contributed by atoms with Gasteiger partial charge in [0.1, 0.15) is 6.10 Å². The maximum absolute atomic E-state index is 13.2. The Morgan fingerprint density at radius 1 is 1.13 bits per heavy atom. The summed E-state index contributed by atoms with van der Waals surface area (Å²) in [5.41, 5.74) is 0.581. The summed E-state index contributed by atoms with van der Waals surface area (Å²) in [7, 11) is 0. The highest BCUT2D eigenvalue weighted by Gasteiger charge is 2.51. The van der Waals surface area contributed by atoms with Crippen LogP contribution < -0.4 is 5.32 Å². The first-order valence-corrected chi connectivity index (χ1v) is 11.5. The van der Waals surface area contributed by atoms with E-state index in [0.29, 0.717) is 37.2 Å². The van der Waals surface area contributed by atoms with Crippen LogP contribution in [0.4, 0.5) is 5.69 Å². The van der Waals surface area contributed by atoms with Gasteiger partial charge in [-0.05, 0) is 50.9 Å². The Kier molecular flexibility index (Phi) is 6.32. The number of anilines is 1. The molecular formula is C24H33N3O4. The van der Waals surface area contributed by atoms with Crippen LogP contribution in [0.5, 0.6) is 0 Å². The second-order valence-corrected chi connectivity index (χ2v) is 9.50. The van der Waals surface area contributed by atoms with Gasteiger partial charge >= 0.3 is 5.97 Å². The van der Waals surface area contributed by atoms with Crippen molar-refractivity contribution in [1.82, 2.24) is 9.80 Å². The third-order valence-electron chi connectivity index (χ3n) is 6.93. The van der Waals surface area contributed by atoms with Gasteiger partial charge in [-0.3, -0.25) is 19.3 Å². The summed E-state index contributed by atoms with van der Waals surface area (Å²) < 4.78 is 5.75. The van der Waals surface area contributed by atoms with Crippen molar-refractivity contribution in [3.8, 4) is 0 Å². The number of carbonyl (C=O) groups is 3. The highest BCUT2D eigenvalue weighted by molar-refractivity contribution is 6.04. The van der Waals surface area contributed by atoms with E-state index >= 15 is 0 Å². The van der Waals surface area contributed by atoms with Gasteiger partial charge in [-0.15, -0.1) is 0 Å². The summed E-state index contributed by atoms with van der Waals surface area (Å²) in [6, 6.07) is 7.13. The van der Waals surface area contributed by atoms with Gasteiger partial charge in [0.2, 0.25) is 5.91 Å². The van der Waals surface area contributed by atoms with Gasteiger partial charge in [0, 0.05) is 32.0 Å². The number of esters is 1. The molecule has 168 valence electrons. The second-order valence-electron chi connectivity index (χ2n) is 9.50. The minimum absolute atomic E-state index is 0.0279. The van der Waals surface area contributed by atoms with E-state index in [2.05, 4.69) is 10.2 Å². The van der Waals surface area contributed by atoms with Crippen LogP contribution >= 0.6 is 0 Å². The number of ether oxygens (including phenoxy) is 1. The van der Waals surface area contributed by atoms with Gasteiger partial charge in [-0.1, -0.05) is 26.0 Å². The molecule has 7 nitrogen and oxygen atoms in total. The molecule has 31 heavy (non-hydrogen) atoms. The van der Waals surface area contributed by atoms with Crippen molar-refractivity contribution in [3.05, 3.63) is 29.8 Å². The van der Waals surface area contributed by atoms with Gasteiger partial charge in [-0.25, -0.2) is 0 Å². The van der Waals surface area contributed by atoms with Gasteiger partial charge in [0.05, 0.1) is 16.7 Å². The summed E-state index contributed by atoms with van der Waals surface area (Å²) in [6.07, 6.45) is 4.44. The Balaban J connectivity index is 1.38. The third kappa shape index (κ3) is 4.61. The van der Waals surface area contributed by atoms with E-state index < -0.39 is 5.41 Å². The maximum atomic E-state index is 13.2. The van der Waals surface area contributed by atoms with Crippen molar-refractivity contribution in [1.29, 1.82) is 0 Å². The summed E-state index contributed by atoms with van der Waals surface area (Å²) in [4.78, 5) is 42.3. The molecule has 0 bridgehead atoms. The van der Waals surface area contributed by atoms with Crippen molar-refractivity contribution >= 4 is 23.5 Å². The molecule has 3 aliphatic heterocycles. The van der Waals surface area contributed by atoms with E-state index in [4.69, 9.17) is 4.74 Å². The van der Waals surface area contributed by atoms with E-state index in [1.165, 1.54) is 12.8 Å². The predicted molar refractivity (Wildman–Crippen MR) is 118 cm³/mol. The fourth-order valence-electron chi connectivity index (χ4n) is 4.96. The average molecular weight is 428 g/mol. The Labute approximate surface area is 184 Å². The zero-order valence-electron chi connectivity index (χ0n) is 18.6. The lowest BCUT2D eigenvalue weighted by Gasteiger charge is -2.36. The number of nitrogens with zero attached hydrogens (tertiary/aromatic N) is 2. The first-order chi connectivity index (χ1) is 14.9. The Morgan fingerprint density at radius 2 is 1.81 bits per heavy atom. The van der Waals surface area contributed by atoms with Gasteiger partial charge < -0.3 is 15.0 Å². The van der Waals surface area contributed by atoms with Crippen molar-refractivity contribution < 1.29 is 19.1 Å². The molecule has 3 heterocycles. The summed E-state index contributed by atoms with van der Waals surface area (Å²) >= 11 is 0. The molecule has 3 saturated heterocycles. The number of carbonyl (C=O) groups excluding carboxylic acids is 3. The predicted octanol–water partition coefficient (Wildman–Crippen LogP) is 2.91. The third-order valence-corrected chi connectivity index (χ3v) is 6.93. The van der Waals surface area contributed by atoms with Crippen molar-refractivity contribution in [3.63, 3.8) is 0 Å². The van der Waals surface area contributed by atoms with Crippen LogP contribution in [-0.4, -0.2) is 66.4 Å². The number of para-hydroxylation sites is 1. The van der Waals surface area contributed by atoms with E-state index in [1.54, 1.807) is 23.1 Å². The lowest BCUT2D eigenvalue weighted by molar-refractivity contribution is -0.151. The van der Waals surface area contributed by atoms with E-state index in [-0.39, 0.29) is 29.8 Å². The average Bonchev–Trinajstić information content (AvgIpc) is 3.37. The Morgan fingerprint density at radius 3 is 2.48 bits per heavy atom. The second kappa shape index (κ2) is 8.99. The molecule has 0 aromatic heterocycles. The van der Waals surface area contributed by atoms with Crippen molar-refractivity contribution in [2.75, 3.05) is 38.0 Å². The lowest BCUT2D eigenvalue weighted by Crippen LogP contribution is -2.45. The van der Waals surface area contributed by atoms with Crippen LogP contribution in [0, 0.1) is 11.3 Å². The molecule has 0 aliphatic carbocycles.